The molecular formula is C24H39N3O3. The van der Waals surface area contributed by atoms with Crippen molar-refractivity contribution in [1.82, 2.24) is 9.80 Å². The number of hydrogen-bond acceptors (Lipinski definition) is 5. The van der Waals surface area contributed by atoms with Crippen LogP contribution in [0.25, 0.3) is 0 Å². The van der Waals surface area contributed by atoms with Crippen LogP contribution >= 0.6 is 0 Å². The molecule has 2 atom stereocenters. The van der Waals surface area contributed by atoms with Gasteiger partial charge in [0.25, 0.3) is 0 Å². The summed E-state index contributed by atoms with van der Waals surface area (Å²) in [7, 11) is 1.68. The Labute approximate surface area is 181 Å². The Morgan fingerprint density at radius 2 is 1.83 bits per heavy atom. The maximum Gasteiger partial charge on any atom is 0.220 e. The molecule has 168 valence electrons. The first-order chi connectivity index (χ1) is 14.3. The first kappa shape index (κ1) is 24.4. The molecule has 0 saturated carbocycles. The predicted molar refractivity (Wildman–Crippen MR) is 121 cm³/mol. The van der Waals surface area contributed by atoms with Crippen LogP contribution in [0.1, 0.15) is 52.0 Å². The fourth-order valence-corrected chi connectivity index (χ4v) is 4.36. The molecule has 0 aromatic heterocycles. The summed E-state index contributed by atoms with van der Waals surface area (Å²) in [5.41, 5.74) is 6.70. The summed E-state index contributed by atoms with van der Waals surface area (Å²) in [5, 5.41) is 0. The van der Waals surface area contributed by atoms with Crippen LogP contribution in [-0.2, 0) is 16.0 Å². The van der Waals surface area contributed by atoms with E-state index < -0.39 is 0 Å². The van der Waals surface area contributed by atoms with Crippen molar-refractivity contribution in [3.05, 3.63) is 29.8 Å². The lowest BCUT2D eigenvalue weighted by molar-refractivity contribution is -0.126. The van der Waals surface area contributed by atoms with Gasteiger partial charge in [-0.15, -0.1) is 0 Å². The van der Waals surface area contributed by atoms with Crippen LogP contribution in [0.2, 0.25) is 0 Å². The lowest BCUT2D eigenvalue weighted by Crippen LogP contribution is -2.46. The van der Waals surface area contributed by atoms with Gasteiger partial charge in [-0.2, -0.15) is 0 Å². The molecule has 1 fully saturated rings. The van der Waals surface area contributed by atoms with E-state index in [0.717, 1.165) is 57.6 Å². The van der Waals surface area contributed by atoms with Crippen molar-refractivity contribution in [2.75, 3.05) is 33.3 Å². The second kappa shape index (κ2) is 12.1. The predicted octanol–water partition coefficient (Wildman–Crippen LogP) is 2.88. The highest BCUT2D eigenvalue weighted by Crippen LogP contribution is 2.20. The number of carbonyl (C=O) groups is 2. The Bertz CT molecular complexity index is 669. The van der Waals surface area contributed by atoms with Crippen LogP contribution in [0, 0.1) is 5.92 Å². The van der Waals surface area contributed by atoms with Crippen molar-refractivity contribution in [2.45, 2.75) is 65.0 Å². The monoisotopic (exact) mass is 417 g/mol. The molecule has 1 amide bonds. The topological polar surface area (TPSA) is 75.9 Å². The number of primary amides is 1. The summed E-state index contributed by atoms with van der Waals surface area (Å²) in [4.78, 5) is 28.7. The average molecular weight is 418 g/mol. The van der Waals surface area contributed by atoms with Crippen LogP contribution in [0.3, 0.4) is 0 Å². The Morgan fingerprint density at radius 3 is 2.37 bits per heavy atom. The van der Waals surface area contributed by atoms with Crippen molar-refractivity contribution in [2.24, 2.45) is 11.7 Å². The molecule has 6 heteroatoms. The average Bonchev–Trinajstić information content (AvgIpc) is 2.76. The molecule has 6 nitrogen and oxygen atoms in total. The summed E-state index contributed by atoms with van der Waals surface area (Å²) >= 11 is 0. The maximum absolute atomic E-state index is 12.7. The number of likely N-dealkylation sites (N-methyl/N-ethyl adjacent to an activating group) is 1. The number of methoxy groups -OCH3 is 1. The van der Waals surface area contributed by atoms with E-state index in [1.165, 1.54) is 5.56 Å². The SMILES string of the molecule is CCN(CCCC(=O)C(C)N1CCC(C(N)=O)CC1)C(C)Cc1ccc(OC)cc1. The second-order valence-corrected chi connectivity index (χ2v) is 8.49. The molecule has 1 heterocycles. The number of nitrogens with two attached hydrogens (primary N) is 1. The van der Waals surface area contributed by atoms with Crippen LogP contribution < -0.4 is 10.5 Å². The summed E-state index contributed by atoms with van der Waals surface area (Å²) < 4.78 is 5.23. The summed E-state index contributed by atoms with van der Waals surface area (Å²) in [6, 6.07) is 8.59. The highest BCUT2D eigenvalue weighted by Gasteiger charge is 2.28. The second-order valence-electron chi connectivity index (χ2n) is 8.49. The summed E-state index contributed by atoms with van der Waals surface area (Å²) in [6.45, 7) is 9.88. The van der Waals surface area contributed by atoms with Gasteiger partial charge in [0.05, 0.1) is 13.2 Å². The Morgan fingerprint density at radius 1 is 1.20 bits per heavy atom. The quantitative estimate of drug-likeness (QED) is 0.566. The molecule has 1 saturated heterocycles. The van der Waals surface area contributed by atoms with Gasteiger partial charge in [0.1, 0.15) is 11.5 Å². The largest absolute Gasteiger partial charge is 0.497 e. The van der Waals surface area contributed by atoms with Crippen molar-refractivity contribution < 1.29 is 14.3 Å². The highest BCUT2D eigenvalue weighted by molar-refractivity contribution is 5.83. The van der Waals surface area contributed by atoms with E-state index >= 15 is 0 Å². The van der Waals surface area contributed by atoms with E-state index in [9.17, 15) is 9.59 Å². The first-order valence-electron chi connectivity index (χ1n) is 11.3. The van der Waals surface area contributed by atoms with E-state index in [1.807, 2.05) is 19.1 Å². The fraction of sp³-hybridized carbons (Fsp3) is 0.667. The van der Waals surface area contributed by atoms with Gasteiger partial charge in [0.15, 0.2) is 0 Å². The maximum atomic E-state index is 12.7. The van der Waals surface area contributed by atoms with Crippen molar-refractivity contribution in [3.63, 3.8) is 0 Å². The number of likely N-dealkylation sites (tertiary alicyclic amines) is 1. The third-order valence-corrected chi connectivity index (χ3v) is 6.53. The number of carbonyl (C=O) groups excluding carboxylic acids is 2. The molecule has 0 radical (unpaired) electrons. The number of Topliss-reactive ketones (excluding diaryl/α,β-unsaturated/α-hetero) is 1. The molecule has 0 spiro atoms. The Balaban J connectivity index is 1.74. The number of ether oxygens (including phenoxy) is 1. The molecule has 2 rings (SSSR count). The van der Waals surface area contributed by atoms with Gasteiger partial charge in [-0.25, -0.2) is 0 Å². The van der Waals surface area contributed by atoms with Crippen LogP contribution in [0.5, 0.6) is 5.75 Å². The minimum Gasteiger partial charge on any atom is -0.497 e. The minimum atomic E-state index is -0.211. The van der Waals surface area contributed by atoms with Gasteiger partial charge in [0.2, 0.25) is 5.91 Å². The highest BCUT2D eigenvalue weighted by atomic mass is 16.5. The van der Waals surface area contributed by atoms with Crippen molar-refractivity contribution >= 4 is 11.7 Å². The smallest absolute Gasteiger partial charge is 0.220 e. The fourth-order valence-electron chi connectivity index (χ4n) is 4.36. The van der Waals surface area contributed by atoms with Crippen LogP contribution in [0.4, 0.5) is 0 Å². The number of nitrogens with zero attached hydrogens (tertiary/aromatic N) is 2. The molecule has 1 aliphatic heterocycles. The normalized spacial score (nSPS) is 17.6. The van der Waals surface area contributed by atoms with E-state index in [4.69, 9.17) is 10.5 Å². The van der Waals surface area contributed by atoms with E-state index in [2.05, 4.69) is 35.8 Å². The van der Waals surface area contributed by atoms with Crippen LogP contribution in [-0.4, -0.2) is 66.9 Å². The number of ketones is 1. The Hall–Kier alpha value is -1.92. The number of hydrogen-bond donors (Lipinski definition) is 1. The van der Waals surface area contributed by atoms with Crippen LogP contribution in [0.15, 0.2) is 24.3 Å². The zero-order valence-electron chi connectivity index (χ0n) is 19.1. The molecule has 0 aliphatic carbocycles. The third kappa shape index (κ3) is 7.10. The lowest BCUT2D eigenvalue weighted by atomic mass is 9.94. The van der Waals surface area contributed by atoms with E-state index in [1.54, 1.807) is 7.11 Å². The lowest BCUT2D eigenvalue weighted by Gasteiger charge is -2.34. The number of amides is 1. The molecule has 1 aromatic rings. The van der Waals surface area contributed by atoms with Crippen molar-refractivity contribution in [1.29, 1.82) is 0 Å². The standard InChI is InChI=1S/C24H39N3O3/c1-5-26(18(2)17-20-8-10-22(30-4)11-9-20)14-6-7-23(28)19(3)27-15-12-21(13-16-27)24(25)29/h8-11,18-19,21H,5-7,12-17H2,1-4H3,(H2,25,29). The van der Waals surface area contributed by atoms with Gasteiger partial charge in [-0.3, -0.25) is 14.5 Å². The Kier molecular flexibility index (Phi) is 9.79. The molecule has 1 aromatic carbocycles. The van der Waals surface area contributed by atoms with Gasteiger partial charge >= 0.3 is 0 Å². The van der Waals surface area contributed by atoms with E-state index in [-0.39, 0.29) is 17.9 Å². The zero-order valence-corrected chi connectivity index (χ0v) is 19.1. The first-order valence-corrected chi connectivity index (χ1v) is 11.3. The number of piperidine rings is 1. The van der Waals surface area contributed by atoms with Gasteiger partial charge in [-0.1, -0.05) is 19.1 Å². The molecule has 2 N–H and O–H groups in total. The van der Waals surface area contributed by atoms with Gasteiger partial charge in [-0.05, 0) is 83.4 Å². The van der Waals surface area contributed by atoms with Gasteiger partial charge < -0.3 is 15.4 Å². The third-order valence-electron chi connectivity index (χ3n) is 6.53. The molecule has 30 heavy (non-hydrogen) atoms. The van der Waals surface area contributed by atoms with E-state index in [0.29, 0.717) is 18.2 Å². The van der Waals surface area contributed by atoms with Gasteiger partial charge in [0, 0.05) is 18.4 Å². The molecule has 1 aliphatic rings. The summed E-state index contributed by atoms with van der Waals surface area (Å²) in [5.74, 6) is 0.933. The van der Waals surface area contributed by atoms with Crippen molar-refractivity contribution in [3.8, 4) is 5.75 Å². The minimum absolute atomic E-state index is 0.0335. The molecular weight excluding hydrogens is 378 g/mol. The number of benzene rings is 1. The molecule has 0 bridgehead atoms. The summed E-state index contributed by atoms with van der Waals surface area (Å²) in [6.07, 6.45) is 3.99. The molecule has 2 unspecified atom stereocenters. The number of rotatable bonds is 12. The zero-order chi connectivity index (χ0) is 22.1.